The lowest BCUT2D eigenvalue weighted by atomic mass is 10.2. The lowest BCUT2D eigenvalue weighted by Crippen LogP contribution is -2.34. The second-order valence-corrected chi connectivity index (χ2v) is 4.99. The van der Waals surface area contributed by atoms with E-state index < -0.39 is 0 Å². The Hall–Kier alpha value is -2.30. The molecule has 0 aliphatic rings. The summed E-state index contributed by atoms with van der Waals surface area (Å²) in [6.07, 6.45) is 6.31. The maximum atomic E-state index is 12.5. The van der Waals surface area contributed by atoms with Crippen molar-refractivity contribution >= 4 is 5.91 Å². The number of pyridine rings is 1. The molecular weight excluding hydrogens is 252 g/mol. The minimum absolute atomic E-state index is 0.113. The van der Waals surface area contributed by atoms with Crippen LogP contribution in [0.3, 0.4) is 0 Å². The maximum absolute atomic E-state index is 12.5. The van der Waals surface area contributed by atoms with E-state index in [4.69, 9.17) is 0 Å². The van der Waals surface area contributed by atoms with Crippen molar-refractivity contribution in [3.63, 3.8) is 0 Å². The maximum Gasteiger partial charge on any atom is 0.274 e. The van der Waals surface area contributed by atoms with Crippen molar-refractivity contribution in [1.82, 2.24) is 19.9 Å². The minimum Gasteiger partial charge on any atom is -0.331 e. The van der Waals surface area contributed by atoms with Gasteiger partial charge >= 0.3 is 0 Å². The molecule has 0 radical (unpaired) electrons. The molecule has 1 amide bonds. The minimum atomic E-state index is -0.113. The quantitative estimate of drug-likeness (QED) is 0.835. The molecule has 0 unspecified atom stereocenters. The van der Waals surface area contributed by atoms with Gasteiger partial charge in [0.25, 0.3) is 5.91 Å². The molecule has 2 aromatic heterocycles. The highest BCUT2D eigenvalue weighted by Crippen LogP contribution is 2.09. The third-order valence-electron chi connectivity index (χ3n) is 2.73. The predicted molar refractivity (Wildman–Crippen MR) is 75.8 cm³/mol. The van der Waals surface area contributed by atoms with Crippen LogP contribution in [0.5, 0.6) is 0 Å². The second-order valence-electron chi connectivity index (χ2n) is 4.99. The number of amides is 1. The van der Waals surface area contributed by atoms with Crippen molar-refractivity contribution in [1.29, 1.82) is 0 Å². The molecule has 2 rings (SSSR count). The molecule has 2 aromatic rings. The summed E-state index contributed by atoms with van der Waals surface area (Å²) < 4.78 is 0. The topological polar surface area (TPSA) is 59.0 Å². The second kappa shape index (κ2) is 6.75. The average molecular weight is 270 g/mol. The van der Waals surface area contributed by atoms with Gasteiger partial charge in [-0.1, -0.05) is 19.9 Å². The average Bonchev–Trinajstić information content (AvgIpc) is 2.47. The molecule has 0 N–H and O–H groups in total. The van der Waals surface area contributed by atoms with E-state index in [1.807, 2.05) is 18.2 Å². The van der Waals surface area contributed by atoms with Crippen LogP contribution in [0.15, 0.2) is 43.0 Å². The smallest absolute Gasteiger partial charge is 0.274 e. The first-order valence-electron chi connectivity index (χ1n) is 6.62. The molecule has 0 aliphatic heterocycles. The Morgan fingerprint density at radius 3 is 2.65 bits per heavy atom. The highest BCUT2D eigenvalue weighted by Gasteiger charge is 2.18. The molecule has 0 aromatic carbocycles. The van der Waals surface area contributed by atoms with E-state index in [-0.39, 0.29) is 5.91 Å². The van der Waals surface area contributed by atoms with Gasteiger partial charge in [0.1, 0.15) is 5.69 Å². The number of hydrogen-bond acceptors (Lipinski definition) is 4. The van der Waals surface area contributed by atoms with Crippen LogP contribution in [0.4, 0.5) is 0 Å². The van der Waals surface area contributed by atoms with Crippen LogP contribution in [0.1, 0.15) is 30.0 Å². The highest BCUT2D eigenvalue weighted by molar-refractivity contribution is 5.91. The molecule has 0 aliphatic carbocycles. The van der Waals surface area contributed by atoms with Crippen molar-refractivity contribution in [2.45, 2.75) is 20.4 Å². The fourth-order valence-electron chi connectivity index (χ4n) is 1.92. The van der Waals surface area contributed by atoms with E-state index in [1.54, 1.807) is 17.3 Å². The van der Waals surface area contributed by atoms with Crippen LogP contribution in [0.25, 0.3) is 0 Å². The summed E-state index contributed by atoms with van der Waals surface area (Å²) in [6, 6.07) is 5.70. The normalized spacial score (nSPS) is 10.6. The first-order valence-corrected chi connectivity index (χ1v) is 6.62. The Bertz CT molecular complexity index is 542. The summed E-state index contributed by atoms with van der Waals surface area (Å²) in [5.74, 6) is 0.261. The lowest BCUT2D eigenvalue weighted by Gasteiger charge is -2.23. The van der Waals surface area contributed by atoms with Crippen molar-refractivity contribution in [3.05, 3.63) is 54.4 Å². The van der Waals surface area contributed by atoms with E-state index in [1.165, 1.54) is 12.4 Å². The van der Waals surface area contributed by atoms with E-state index in [2.05, 4.69) is 28.8 Å². The van der Waals surface area contributed by atoms with Gasteiger partial charge in [0.15, 0.2) is 0 Å². The molecule has 2 heterocycles. The van der Waals surface area contributed by atoms with Crippen LogP contribution >= 0.6 is 0 Å². The van der Waals surface area contributed by atoms with Gasteiger partial charge in [0, 0.05) is 25.1 Å². The van der Waals surface area contributed by atoms with Gasteiger partial charge in [-0.15, -0.1) is 0 Å². The Balaban J connectivity index is 2.17. The lowest BCUT2D eigenvalue weighted by molar-refractivity contribution is 0.0714. The number of nitrogens with zero attached hydrogens (tertiary/aromatic N) is 4. The van der Waals surface area contributed by atoms with Crippen LogP contribution in [-0.2, 0) is 6.54 Å². The van der Waals surface area contributed by atoms with Crippen molar-refractivity contribution in [2.75, 3.05) is 6.54 Å². The molecule has 0 spiro atoms. The monoisotopic (exact) mass is 270 g/mol. The van der Waals surface area contributed by atoms with E-state index in [9.17, 15) is 4.79 Å². The molecule has 20 heavy (non-hydrogen) atoms. The molecule has 0 fully saturated rings. The van der Waals surface area contributed by atoms with Gasteiger partial charge in [0.2, 0.25) is 0 Å². The van der Waals surface area contributed by atoms with Crippen LogP contribution in [0, 0.1) is 5.92 Å². The van der Waals surface area contributed by atoms with Gasteiger partial charge < -0.3 is 4.90 Å². The summed E-state index contributed by atoms with van der Waals surface area (Å²) in [7, 11) is 0. The zero-order valence-corrected chi connectivity index (χ0v) is 11.7. The molecule has 0 atom stereocenters. The van der Waals surface area contributed by atoms with Gasteiger partial charge in [-0.3, -0.25) is 14.8 Å². The fraction of sp³-hybridized carbons (Fsp3) is 0.333. The standard InChI is InChI=1S/C15H18N4O/c1-12(2)10-19(11-13-5-3-4-6-17-13)15(20)14-9-16-7-8-18-14/h3-9,12H,10-11H2,1-2H3. The van der Waals surface area contributed by atoms with Gasteiger partial charge in [-0.2, -0.15) is 0 Å². The van der Waals surface area contributed by atoms with Crippen molar-refractivity contribution < 1.29 is 4.79 Å². The zero-order valence-electron chi connectivity index (χ0n) is 11.7. The predicted octanol–water partition coefficient (Wildman–Crippen LogP) is 2.17. The molecule has 0 saturated carbocycles. The van der Waals surface area contributed by atoms with E-state index in [0.717, 1.165) is 5.69 Å². The number of carbonyl (C=O) groups excluding carboxylic acids is 1. The zero-order chi connectivity index (χ0) is 14.4. The molecular formula is C15H18N4O. The molecule has 5 nitrogen and oxygen atoms in total. The number of aromatic nitrogens is 3. The summed E-state index contributed by atoms with van der Waals surface area (Å²) in [5, 5.41) is 0. The third-order valence-corrected chi connectivity index (χ3v) is 2.73. The SMILES string of the molecule is CC(C)CN(Cc1ccccn1)C(=O)c1cnccn1. The first-order chi connectivity index (χ1) is 9.66. The van der Waals surface area contributed by atoms with E-state index >= 15 is 0 Å². The molecule has 0 bridgehead atoms. The summed E-state index contributed by atoms with van der Waals surface area (Å²) in [5.41, 5.74) is 1.23. The number of rotatable bonds is 5. The third kappa shape index (κ3) is 3.85. The molecule has 0 saturated heterocycles. The molecule has 104 valence electrons. The largest absolute Gasteiger partial charge is 0.331 e. The molecule has 5 heteroatoms. The fourth-order valence-corrected chi connectivity index (χ4v) is 1.92. The van der Waals surface area contributed by atoms with Crippen LogP contribution in [-0.4, -0.2) is 32.3 Å². The Kier molecular flexibility index (Phi) is 4.76. The van der Waals surface area contributed by atoms with Crippen LogP contribution in [0.2, 0.25) is 0 Å². The summed E-state index contributed by atoms with van der Waals surface area (Å²) in [4.78, 5) is 26.5. The summed E-state index contributed by atoms with van der Waals surface area (Å²) in [6.45, 7) is 5.30. The van der Waals surface area contributed by atoms with Crippen molar-refractivity contribution in [2.24, 2.45) is 5.92 Å². The highest BCUT2D eigenvalue weighted by atomic mass is 16.2. The van der Waals surface area contributed by atoms with Gasteiger partial charge in [-0.05, 0) is 18.1 Å². The summed E-state index contributed by atoms with van der Waals surface area (Å²) >= 11 is 0. The van der Waals surface area contributed by atoms with Gasteiger partial charge in [0.05, 0.1) is 18.4 Å². The Morgan fingerprint density at radius 1 is 1.20 bits per heavy atom. The number of carbonyl (C=O) groups is 1. The Labute approximate surface area is 118 Å². The Morgan fingerprint density at radius 2 is 2.05 bits per heavy atom. The van der Waals surface area contributed by atoms with E-state index in [0.29, 0.717) is 24.7 Å². The van der Waals surface area contributed by atoms with Gasteiger partial charge in [-0.25, -0.2) is 4.98 Å². The van der Waals surface area contributed by atoms with Crippen molar-refractivity contribution in [3.8, 4) is 0 Å². The first kappa shape index (κ1) is 14.1. The number of hydrogen-bond donors (Lipinski definition) is 0. The van der Waals surface area contributed by atoms with Crippen LogP contribution < -0.4 is 0 Å².